The van der Waals surface area contributed by atoms with Gasteiger partial charge >= 0.3 is 6.09 Å². The van der Waals surface area contributed by atoms with Gasteiger partial charge in [0.05, 0.1) is 0 Å². The Balaban J connectivity index is 1.94. The lowest BCUT2D eigenvalue weighted by Gasteiger charge is -2.35. The number of carbonyl (C=O) groups excluding carboxylic acids is 3. The van der Waals surface area contributed by atoms with Crippen molar-refractivity contribution < 1.29 is 24.3 Å². The maximum absolute atomic E-state index is 13.8. The minimum Gasteiger partial charge on any atom is -0.465 e. The Kier molecular flexibility index (Phi) is 8.84. The lowest BCUT2D eigenvalue weighted by molar-refractivity contribution is -0.149. The van der Waals surface area contributed by atoms with E-state index in [0.717, 1.165) is 31.8 Å². The Hall–Kier alpha value is -4.40. The second kappa shape index (κ2) is 12.0. The summed E-state index contributed by atoms with van der Waals surface area (Å²) in [6.07, 6.45) is -0.940. The number of fused-ring (bicyclic) bond motifs is 1. The molecule has 0 saturated heterocycles. The number of hydrogen-bond donors (Lipinski definition) is 2. The van der Waals surface area contributed by atoms with Crippen molar-refractivity contribution in [1.82, 2.24) is 20.2 Å². The molecular weight excluding hydrogens is 472 g/mol. The summed E-state index contributed by atoms with van der Waals surface area (Å²) >= 11 is 0. The first kappa shape index (κ1) is 27.2. The molecule has 2 atom stereocenters. The normalized spacial score (nSPS) is 12.3. The Morgan fingerprint density at radius 2 is 1.30 bits per heavy atom. The number of rotatable bonds is 8. The molecule has 0 bridgehead atoms. The molecule has 4 amide bonds. The summed E-state index contributed by atoms with van der Waals surface area (Å²) in [6, 6.07) is 20.7. The van der Waals surface area contributed by atoms with Gasteiger partial charge in [0.25, 0.3) is 5.91 Å². The van der Waals surface area contributed by atoms with Crippen molar-refractivity contribution in [1.29, 1.82) is 0 Å². The summed E-state index contributed by atoms with van der Waals surface area (Å²) < 4.78 is 0. The summed E-state index contributed by atoms with van der Waals surface area (Å²) in [7, 11) is 4.24. The van der Waals surface area contributed by atoms with E-state index in [1.807, 2.05) is 72.8 Å². The molecule has 0 heterocycles. The number of hydrogen-bond acceptors (Lipinski definition) is 4. The number of likely N-dealkylation sites (N-methyl/N-ethyl adjacent to an activating group) is 3. The summed E-state index contributed by atoms with van der Waals surface area (Å²) in [4.78, 5) is 52.9. The average molecular weight is 505 g/mol. The van der Waals surface area contributed by atoms with Crippen molar-refractivity contribution in [2.24, 2.45) is 0 Å². The van der Waals surface area contributed by atoms with Gasteiger partial charge in [-0.2, -0.15) is 0 Å². The molecule has 0 aliphatic heterocycles. The largest absolute Gasteiger partial charge is 0.465 e. The zero-order valence-electron chi connectivity index (χ0n) is 21.4. The minimum absolute atomic E-state index is 0.130. The predicted octanol–water partition coefficient (Wildman–Crippen LogP) is 2.94. The molecule has 2 unspecified atom stereocenters. The van der Waals surface area contributed by atoms with Crippen LogP contribution in [-0.2, 0) is 27.2 Å². The van der Waals surface area contributed by atoms with Gasteiger partial charge in [0, 0.05) is 40.9 Å². The lowest BCUT2D eigenvalue weighted by atomic mass is 9.98. The SMILES string of the molecule is CC(=O)NN(C)C(=O)C(Cc1ccccc1)N(C)C(=O)C(Cc1ccc2ccccc2c1)N(C)C(=O)O. The van der Waals surface area contributed by atoms with E-state index in [4.69, 9.17) is 0 Å². The molecule has 0 aliphatic carbocycles. The smallest absolute Gasteiger partial charge is 0.407 e. The van der Waals surface area contributed by atoms with E-state index in [9.17, 15) is 24.3 Å². The first-order valence-corrected chi connectivity index (χ1v) is 11.9. The molecule has 3 aromatic carbocycles. The highest BCUT2D eigenvalue weighted by Gasteiger charge is 2.36. The summed E-state index contributed by atoms with van der Waals surface area (Å²) in [6.45, 7) is 1.28. The molecule has 0 saturated carbocycles. The maximum Gasteiger partial charge on any atom is 0.407 e. The molecule has 37 heavy (non-hydrogen) atoms. The number of nitrogens with one attached hydrogen (secondary N) is 1. The maximum atomic E-state index is 13.8. The fourth-order valence-electron chi connectivity index (χ4n) is 4.24. The molecule has 3 rings (SSSR count). The molecule has 0 aliphatic rings. The van der Waals surface area contributed by atoms with E-state index in [1.165, 1.54) is 33.0 Å². The molecule has 194 valence electrons. The zero-order chi connectivity index (χ0) is 27.1. The van der Waals surface area contributed by atoms with Crippen LogP contribution in [-0.4, -0.2) is 77.0 Å². The highest BCUT2D eigenvalue weighted by Crippen LogP contribution is 2.20. The fourth-order valence-corrected chi connectivity index (χ4v) is 4.24. The number of nitrogens with zero attached hydrogens (tertiary/aromatic N) is 3. The van der Waals surface area contributed by atoms with Gasteiger partial charge in [-0.1, -0.05) is 72.8 Å². The second-order valence-electron chi connectivity index (χ2n) is 9.01. The average Bonchev–Trinajstić information content (AvgIpc) is 2.88. The number of amides is 4. The van der Waals surface area contributed by atoms with Gasteiger partial charge in [-0.05, 0) is 21.9 Å². The van der Waals surface area contributed by atoms with E-state index in [2.05, 4.69) is 5.43 Å². The number of carbonyl (C=O) groups is 4. The third-order valence-electron chi connectivity index (χ3n) is 6.33. The van der Waals surface area contributed by atoms with Crippen molar-refractivity contribution in [3.8, 4) is 0 Å². The highest BCUT2D eigenvalue weighted by molar-refractivity contribution is 5.92. The molecule has 0 aromatic heterocycles. The first-order valence-electron chi connectivity index (χ1n) is 11.9. The molecule has 3 aromatic rings. The van der Waals surface area contributed by atoms with Crippen LogP contribution >= 0.6 is 0 Å². The van der Waals surface area contributed by atoms with Gasteiger partial charge in [-0.15, -0.1) is 0 Å². The van der Waals surface area contributed by atoms with Crippen LogP contribution in [0.2, 0.25) is 0 Å². The van der Waals surface area contributed by atoms with Crippen LogP contribution in [0.1, 0.15) is 18.1 Å². The van der Waals surface area contributed by atoms with Crippen LogP contribution in [0.25, 0.3) is 10.8 Å². The molecule has 0 radical (unpaired) electrons. The van der Waals surface area contributed by atoms with Crippen LogP contribution in [0, 0.1) is 0 Å². The van der Waals surface area contributed by atoms with Crippen LogP contribution < -0.4 is 5.43 Å². The van der Waals surface area contributed by atoms with Crippen LogP contribution in [0.5, 0.6) is 0 Å². The van der Waals surface area contributed by atoms with E-state index in [-0.39, 0.29) is 12.8 Å². The van der Waals surface area contributed by atoms with Crippen molar-refractivity contribution in [3.63, 3.8) is 0 Å². The van der Waals surface area contributed by atoms with Crippen molar-refractivity contribution in [2.75, 3.05) is 21.1 Å². The van der Waals surface area contributed by atoms with E-state index in [1.54, 1.807) is 0 Å². The van der Waals surface area contributed by atoms with E-state index < -0.39 is 35.9 Å². The monoisotopic (exact) mass is 504 g/mol. The lowest BCUT2D eigenvalue weighted by Crippen LogP contribution is -2.58. The van der Waals surface area contributed by atoms with Crippen LogP contribution in [0.15, 0.2) is 72.8 Å². The summed E-state index contributed by atoms with van der Waals surface area (Å²) in [5.74, 6) is -1.45. The third kappa shape index (κ3) is 6.84. The number of carboxylic acid groups (broad SMARTS) is 1. The van der Waals surface area contributed by atoms with Gasteiger partial charge in [0.15, 0.2) is 0 Å². The molecule has 0 fully saturated rings. The first-order chi connectivity index (χ1) is 17.6. The Bertz CT molecular complexity index is 1280. The number of benzene rings is 3. The fraction of sp³-hybridized carbons (Fsp3) is 0.286. The third-order valence-corrected chi connectivity index (χ3v) is 6.33. The van der Waals surface area contributed by atoms with Gasteiger partial charge in [0.1, 0.15) is 12.1 Å². The van der Waals surface area contributed by atoms with E-state index >= 15 is 0 Å². The standard InChI is InChI=1S/C28H32N4O5/c1-19(33)29-32(4)27(35)25(17-20-10-6-5-7-11-20)30(2)26(34)24(31(3)28(36)37)18-21-14-15-22-12-8-9-13-23(22)16-21/h5-16,24-25H,17-18H2,1-4H3,(H,29,33)(H,36,37). The minimum atomic E-state index is -1.26. The van der Waals surface area contributed by atoms with Crippen molar-refractivity contribution in [2.45, 2.75) is 31.8 Å². The van der Waals surface area contributed by atoms with Crippen LogP contribution in [0.3, 0.4) is 0 Å². The van der Waals surface area contributed by atoms with Crippen molar-refractivity contribution in [3.05, 3.63) is 83.9 Å². The topological polar surface area (TPSA) is 110 Å². The molecule has 2 N–H and O–H groups in total. The summed E-state index contributed by atoms with van der Waals surface area (Å²) in [5.41, 5.74) is 4.04. The van der Waals surface area contributed by atoms with Crippen LogP contribution in [0.4, 0.5) is 4.79 Å². The second-order valence-corrected chi connectivity index (χ2v) is 9.01. The zero-order valence-corrected chi connectivity index (χ0v) is 21.4. The van der Waals surface area contributed by atoms with Gasteiger partial charge < -0.3 is 10.0 Å². The Morgan fingerprint density at radius 3 is 1.92 bits per heavy atom. The summed E-state index contributed by atoms with van der Waals surface area (Å²) in [5, 5.41) is 12.8. The quantitative estimate of drug-likeness (QED) is 0.459. The number of hydrazine groups is 1. The molecular formula is C28H32N4O5. The van der Waals surface area contributed by atoms with Gasteiger partial charge in [-0.3, -0.25) is 29.7 Å². The van der Waals surface area contributed by atoms with Crippen molar-refractivity contribution >= 4 is 34.6 Å². The molecule has 9 heteroatoms. The van der Waals surface area contributed by atoms with E-state index in [0.29, 0.717) is 0 Å². The Morgan fingerprint density at radius 1 is 0.730 bits per heavy atom. The molecule has 9 nitrogen and oxygen atoms in total. The van der Waals surface area contributed by atoms with Gasteiger partial charge in [0.2, 0.25) is 11.8 Å². The predicted molar refractivity (Wildman–Crippen MR) is 141 cm³/mol. The Labute approximate surface area is 216 Å². The highest BCUT2D eigenvalue weighted by atomic mass is 16.4. The molecule has 0 spiro atoms. The van der Waals surface area contributed by atoms with Gasteiger partial charge in [-0.25, -0.2) is 4.79 Å².